The van der Waals surface area contributed by atoms with E-state index in [0.29, 0.717) is 19.6 Å². The average molecular weight is 431 g/mol. The molecule has 30 heavy (non-hydrogen) atoms. The Hall–Kier alpha value is -2.91. The molecule has 0 spiro atoms. The summed E-state index contributed by atoms with van der Waals surface area (Å²) in [5.74, 6) is -0.587. The minimum absolute atomic E-state index is 0.0210. The third-order valence-electron chi connectivity index (χ3n) is 5.27. The van der Waals surface area contributed by atoms with Crippen molar-refractivity contribution >= 4 is 33.1 Å². The van der Waals surface area contributed by atoms with E-state index in [-0.39, 0.29) is 21.9 Å². The number of benzene rings is 2. The number of sulfonamides is 1. The molecule has 1 saturated heterocycles. The molecule has 0 saturated carbocycles. The van der Waals surface area contributed by atoms with Gasteiger partial charge in [0, 0.05) is 45.1 Å². The molecule has 0 aliphatic carbocycles. The van der Waals surface area contributed by atoms with E-state index in [1.165, 1.54) is 44.1 Å². The van der Waals surface area contributed by atoms with Crippen LogP contribution >= 0.6 is 0 Å². The predicted molar refractivity (Wildman–Crippen MR) is 116 cm³/mol. The van der Waals surface area contributed by atoms with E-state index < -0.39 is 22.0 Å². The number of anilines is 2. The van der Waals surface area contributed by atoms with Gasteiger partial charge in [-0.2, -0.15) is 0 Å². The monoisotopic (exact) mass is 430 g/mol. The first-order chi connectivity index (χ1) is 14.1. The van der Waals surface area contributed by atoms with Crippen molar-refractivity contribution < 1.29 is 18.0 Å². The summed E-state index contributed by atoms with van der Waals surface area (Å²) >= 11 is 0. The Morgan fingerprint density at radius 3 is 2.33 bits per heavy atom. The number of Topliss-reactive ketones (excluding diaryl/α,β-unsaturated/α-hetero) is 1. The van der Waals surface area contributed by atoms with E-state index in [4.69, 9.17) is 5.73 Å². The summed E-state index contributed by atoms with van der Waals surface area (Å²) < 4.78 is 26.0. The zero-order valence-electron chi connectivity index (χ0n) is 17.3. The van der Waals surface area contributed by atoms with Crippen LogP contribution < -0.4 is 10.6 Å². The van der Waals surface area contributed by atoms with Crippen LogP contribution in [0.3, 0.4) is 0 Å². The van der Waals surface area contributed by atoms with Gasteiger partial charge in [0.2, 0.25) is 10.0 Å². The Bertz CT molecular complexity index is 1050. The zero-order chi connectivity index (χ0) is 22.1. The van der Waals surface area contributed by atoms with Crippen LogP contribution in [-0.2, 0) is 14.8 Å². The number of carbonyl (C=O) groups excluding carboxylic acids is 2. The lowest BCUT2D eigenvalue weighted by atomic mass is 10.0. The maximum absolute atomic E-state index is 13.3. The zero-order valence-corrected chi connectivity index (χ0v) is 18.1. The van der Waals surface area contributed by atoms with Crippen LogP contribution in [0.4, 0.5) is 11.4 Å². The number of carbonyl (C=O) groups is 2. The molecule has 0 aromatic heterocycles. The molecule has 1 unspecified atom stereocenters. The second-order valence-electron chi connectivity index (χ2n) is 7.44. The van der Waals surface area contributed by atoms with Crippen LogP contribution in [0.2, 0.25) is 0 Å². The van der Waals surface area contributed by atoms with Gasteiger partial charge < -0.3 is 15.5 Å². The summed E-state index contributed by atoms with van der Waals surface area (Å²) in [5, 5.41) is 0. The Labute approximate surface area is 176 Å². The lowest BCUT2D eigenvalue weighted by molar-refractivity contribution is -0.121. The highest BCUT2D eigenvalue weighted by molar-refractivity contribution is 7.89. The fourth-order valence-electron chi connectivity index (χ4n) is 3.49. The number of amides is 1. The van der Waals surface area contributed by atoms with E-state index in [1.807, 2.05) is 30.3 Å². The summed E-state index contributed by atoms with van der Waals surface area (Å²) in [5.41, 5.74) is 7.24. The van der Waals surface area contributed by atoms with Crippen molar-refractivity contribution in [3.8, 4) is 0 Å². The number of nitrogen functional groups attached to an aromatic ring is 1. The lowest BCUT2D eigenvalue weighted by Crippen LogP contribution is -2.58. The van der Waals surface area contributed by atoms with Crippen molar-refractivity contribution in [2.75, 3.05) is 44.4 Å². The Morgan fingerprint density at radius 2 is 1.73 bits per heavy atom. The highest BCUT2D eigenvalue weighted by atomic mass is 32.2. The van der Waals surface area contributed by atoms with Crippen molar-refractivity contribution in [2.45, 2.75) is 17.9 Å². The molecule has 1 aliphatic heterocycles. The van der Waals surface area contributed by atoms with Crippen molar-refractivity contribution in [2.24, 2.45) is 0 Å². The Morgan fingerprint density at radius 1 is 1.07 bits per heavy atom. The maximum atomic E-state index is 13.3. The van der Waals surface area contributed by atoms with Gasteiger partial charge in [0.25, 0.3) is 5.91 Å². The predicted octanol–water partition coefficient (Wildman–Crippen LogP) is 1.44. The van der Waals surface area contributed by atoms with E-state index in [1.54, 1.807) is 0 Å². The van der Waals surface area contributed by atoms with Gasteiger partial charge in [0.15, 0.2) is 5.78 Å². The number of nitrogens with two attached hydrogens (primary N) is 1. The molecule has 2 N–H and O–H groups in total. The van der Waals surface area contributed by atoms with Crippen LogP contribution in [0.25, 0.3) is 0 Å². The molecule has 1 heterocycles. The number of piperazine rings is 1. The highest BCUT2D eigenvalue weighted by Crippen LogP contribution is 2.25. The Kier molecular flexibility index (Phi) is 6.14. The molecule has 160 valence electrons. The standard InChI is InChI=1S/C21H26N4O4S/c1-15(26)20-14-24(16-7-5-4-6-8-16)11-12-25(20)21(27)18-13-17(9-10-19(18)22)30(28,29)23(2)3/h4-10,13,20H,11-12,14,22H2,1-3H3. The second-order valence-corrected chi connectivity index (χ2v) is 9.59. The first kappa shape index (κ1) is 21.8. The fraction of sp³-hybridized carbons (Fsp3) is 0.333. The molecular weight excluding hydrogens is 404 g/mol. The van der Waals surface area contributed by atoms with Crippen LogP contribution in [0.5, 0.6) is 0 Å². The van der Waals surface area contributed by atoms with Crippen LogP contribution in [0.1, 0.15) is 17.3 Å². The van der Waals surface area contributed by atoms with Crippen molar-refractivity contribution in [1.29, 1.82) is 0 Å². The average Bonchev–Trinajstić information content (AvgIpc) is 2.73. The van der Waals surface area contributed by atoms with Gasteiger partial charge >= 0.3 is 0 Å². The minimum atomic E-state index is -3.72. The first-order valence-corrected chi connectivity index (χ1v) is 11.0. The summed E-state index contributed by atoms with van der Waals surface area (Å²) in [6.07, 6.45) is 0. The van der Waals surface area contributed by atoms with Gasteiger partial charge in [-0.1, -0.05) is 18.2 Å². The molecule has 1 atom stereocenters. The molecule has 0 radical (unpaired) electrons. The SMILES string of the molecule is CC(=O)C1CN(c2ccccc2)CCN1C(=O)c1cc(S(=O)(=O)N(C)C)ccc1N. The molecule has 2 aromatic rings. The summed E-state index contributed by atoms with van der Waals surface area (Å²) in [6, 6.07) is 13.1. The largest absolute Gasteiger partial charge is 0.398 e. The normalized spacial score (nSPS) is 17.3. The number of rotatable bonds is 5. The third-order valence-corrected chi connectivity index (χ3v) is 7.08. The number of ketones is 1. The molecule has 2 aromatic carbocycles. The van der Waals surface area contributed by atoms with E-state index in [9.17, 15) is 18.0 Å². The number of para-hydroxylation sites is 1. The molecule has 1 fully saturated rings. The fourth-order valence-corrected chi connectivity index (χ4v) is 4.42. The van der Waals surface area contributed by atoms with Crippen molar-refractivity contribution in [3.05, 3.63) is 54.1 Å². The third kappa shape index (κ3) is 4.17. The highest BCUT2D eigenvalue weighted by Gasteiger charge is 2.35. The lowest BCUT2D eigenvalue weighted by Gasteiger charge is -2.41. The summed E-state index contributed by atoms with van der Waals surface area (Å²) in [6.45, 7) is 2.69. The molecular formula is C21H26N4O4S. The molecule has 8 nitrogen and oxygen atoms in total. The number of hydrogen-bond donors (Lipinski definition) is 1. The van der Waals surface area contributed by atoms with Crippen LogP contribution in [-0.4, -0.2) is 69.1 Å². The molecule has 9 heteroatoms. The number of nitrogens with zero attached hydrogens (tertiary/aromatic N) is 3. The smallest absolute Gasteiger partial charge is 0.256 e. The topological polar surface area (TPSA) is 104 Å². The minimum Gasteiger partial charge on any atom is -0.398 e. The van der Waals surface area contributed by atoms with Gasteiger partial charge in [-0.25, -0.2) is 12.7 Å². The van der Waals surface area contributed by atoms with Gasteiger partial charge in [-0.3, -0.25) is 9.59 Å². The molecule has 3 rings (SSSR count). The summed E-state index contributed by atoms with van der Waals surface area (Å²) in [7, 11) is -0.886. The molecule has 1 amide bonds. The van der Waals surface area contributed by atoms with Crippen LogP contribution in [0, 0.1) is 0 Å². The van der Waals surface area contributed by atoms with Gasteiger partial charge in [-0.15, -0.1) is 0 Å². The molecule has 0 bridgehead atoms. The van der Waals surface area contributed by atoms with Crippen molar-refractivity contribution in [1.82, 2.24) is 9.21 Å². The van der Waals surface area contributed by atoms with Gasteiger partial charge in [-0.05, 0) is 37.3 Å². The van der Waals surface area contributed by atoms with Gasteiger partial charge in [0.05, 0.1) is 10.5 Å². The van der Waals surface area contributed by atoms with Crippen molar-refractivity contribution in [3.63, 3.8) is 0 Å². The summed E-state index contributed by atoms with van der Waals surface area (Å²) in [4.78, 5) is 29.2. The van der Waals surface area contributed by atoms with E-state index in [0.717, 1.165) is 9.99 Å². The first-order valence-electron chi connectivity index (χ1n) is 9.56. The van der Waals surface area contributed by atoms with E-state index in [2.05, 4.69) is 4.90 Å². The Balaban J connectivity index is 1.92. The molecule has 1 aliphatic rings. The van der Waals surface area contributed by atoms with Gasteiger partial charge in [0.1, 0.15) is 6.04 Å². The van der Waals surface area contributed by atoms with E-state index >= 15 is 0 Å². The quantitative estimate of drug-likeness (QED) is 0.720. The number of hydrogen-bond acceptors (Lipinski definition) is 6. The second kappa shape index (κ2) is 8.45. The maximum Gasteiger partial charge on any atom is 0.256 e. The van der Waals surface area contributed by atoms with Crippen LogP contribution in [0.15, 0.2) is 53.4 Å².